The third-order valence-corrected chi connectivity index (χ3v) is 2.69. The van der Waals surface area contributed by atoms with E-state index in [4.69, 9.17) is 36.0 Å². The van der Waals surface area contributed by atoms with Gasteiger partial charge >= 0.3 is 17.9 Å². The molecule has 1 aliphatic heterocycles. The number of hydrogen-bond donors (Lipinski definition) is 0. The minimum absolute atomic E-state index is 1.06. The van der Waals surface area contributed by atoms with E-state index in [9.17, 15) is 14.4 Å². The van der Waals surface area contributed by atoms with Gasteiger partial charge in [-0.15, -0.1) is 0 Å². The lowest BCUT2D eigenvalue weighted by Gasteiger charge is -2.42. The highest BCUT2D eigenvalue weighted by Gasteiger charge is 2.50. The van der Waals surface area contributed by atoms with Gasteiger partial charge in [0.15, 0.2) is 24.6 Å². The molecule has 1 rings (SSSR count). The van der Waals surface area contributed by atoms with Crippen LogP contribution in [0.5, 0.6) is 0 Å². The average Bonchev–Trinajstić information content (AvgIpc) is 2.56. The molecular weight excluding hydrogens is 284 g/mol. The highest BCUT2D eigenvalue weighted by molar-refractivity contribution is 5.68. The van der Waals surface area contributed by atoms with Crippen molar-refractivity contribution in [2.24, 2.45) is 0 Å². The Morgan fingerprint density at radius 2 is 1.38 bits per heavy atom. The molecule has 21 heavy (non-hydrogen) atoms. The van der Waals surface area contributed by atoms with Crippen LogP contribution in [0.1, 0.15) is 39.8 Å². The van der Waals surface area contributed by atoms with Crippen molar-refractivity contribution in [1.82, 2.24) is 0 Å². The molecule has 0 aromatic heterocycles. The van der Waals surface area contributed by atoms with Crippen LogP contribution in [0.2, 0.25) is 0 Å². The minimum atomic E-state index is -3.29. The summed E-state index contributed by atoms with van der Waals surface area (Å²) in [4.78, 5) is 35.6. The van der Waals surface area contributed by atoms with E-state index < -0.39 is 69.2 Å². The Morgan fingerprint density at radius 1 is 0.905 bits per heavy atom. The zero-order valence-corrected chi connectivity index (χ0v) is 11.2. The molecule has 0 aliphatic carbocycles. The first-order chi connectivity index (χ1) is 13.4. The summed E-state index contributed by atoms with van der Waals surface area (Å²) < 4.78 is 88.6. The van der Waals surface area contributed by atoms with E-state index >= 15 is 0 Å². The van der Waals surface area contributed by atoms with E-state index in [0.29, 0.717) is 0 Å². The Labute approximate surface area is 135 Å². The largest absolute Gasteiger partial charge is 0.456 e. The molecular formula is C13H20O8. The molecule has 1 heterocycles. The average molecular weight is 313 g/mol. The number of rotatable bonds is 4. The summed E-state index contributed by atoms with van der Waals surface area (Å²) in [6.07, 6.45) is -8.43. The highest BCUT2D eigenvalue weighted by Crippen LogP contribution is 2.28. The van der Waals surface area contributed by atoms with Gasteiger partial charge in [-0.2, -0.15) is 0 Å². The fourth-order valence-electron chi connectivity index (χ4n) is 1.96. The van der Waals surface area contributed by atoms with Gasteiger partial charge in [0.25, 0.3) is 0 Å². The lowest BCUT2D eigenvalue weighted by molar-refractivity contribution is -0.294. The minimum Gasteiger partial charge on any atom is -0.456 e. The van der Waals surface area contributed by atoms with Crippen molar-refractivity contribution in [2.45, 2.75) is 58.2 Å². The first-order valence-corrected chi connectivity index (χ1v) is 5.71. The van der Waals surface area contributed by atoms with E-state index in [1.54, 1.807) is 0 Å². The molecule has 0 radical (unpaired) electrons. The van der Waals surface area contributed by atoms with E-state index in [1.165, 1.54) is 6.92 Å². The lowest BCUT2D eigenvalue weighted by atomic mass is 9.99. The molecule has 0 aromatic rings. The second-order valence-corrected chi connectivity index (χ2v) is 4.06. The Morgan fingerprint density at radius 3 is 1.86 bits per heavy atom. The van der Waals surface area contributed by atoms with Crippen LogP contribution < -0.4 is 0 Å². The van der Waals surface area contributed by atoms with Crippen molar-refractivity contribution in [1.29, 1.82) is 0 Å². The maximum absolute atomic E-state index is 11.9. The van der Waals surface area contributed by atoms with E-state index in [1.807, 2.05) is 0 Å². The molecule has 5 atom stereocenters. The maximum atomic E-state index is 11.9. The Bertz CT molecular complexity index is 656. The van der Waals surface area contributed by atoms with Gasteiger partial charge in [-0.1, -0.05) is 0 Å². The summed E-state index contributed by atoms with van der Waals surface area (Å²) in [7, 11) is 1.06. The van der Waals surface area contributed by atoms with Gasteiger partial charge in [-0.25, -0.2) is 0 Å². The van der Waals surface area contributed by atoms with Crippen LogP contribution in [0, 0.1) is 0 Å². The first-order valence-electron chi connectivity index (χ1n) is 10.2. The standard InChI is InChI=1S/C13H20O8/c1-6-10(19-7(2)14)11(20-8(3)15)12(21-9(4)16)13(17-5)18-6/h6,10-13H,1-5H3/t6-,10-,11+,12-,13?/m1/s1/i2D3,3D3,4D3. The summed E-state index contributed by atoms with van der Waals surface area (Å²) in [5.41, 5.74) is 0. The van der Waals surface area contributed by atoms with Crippen molar-refractivity contribution >= 4 is 17.9 Å². The van der Waals surface area contributed by atoms with Gasteiger partial charge in [0.2, 0.25) is 0 Å². The Kier molecular flexibility index (Phi) is 2.84. The molecule has 1 fully saturated rings. The monoisotopic (exact) mass is 313 g/mol. The van der Waals surface area contributed by atoms with Crippen molar-refractivity contribution in [2.75, 3.05) is 7.11 Å². The lowest BCUT2D eigenvalue weighted by Crippen LogP contribution is -2.60. The number of carbonyl (C=O) groups is 3. The molecule has 0 spiro atoms. The summed E-state index contributed by atoms with van der Waals surface area (Å²) >= 11 is 0. The number of hydrogen-bond acceptors (Lipinski definition) is 8. The van der Waals surface area contributed by atoms with Gasteiger partial charge in [-0.05, 0) is 6.92 Å². The van der Waals surface area contributed by atoms with Gasteiger partial charge in [0.1, 0.15) is 0 Å². The summed E-state index contributed by atoms with van der Waals surface area (Å²) in [6.45, 7) is -8.53. The van der Waals surface area contributed by atoms with Crippen LogP contribution in [-0.4, -0.2) is 55.7 Å². The predicted molar refractivity (Wildman–Crippen MR) is 68.0 cm³/mol. The SMILES string of the molecule is [2H]C([2H])([2H])C(=O)O[C@H]1[C@H](OC(=O)C([2H])([2H])[2H])[C@@H](OC(=O)C([2H])([2H])[2H])C(OC)O[C@@H]1C. The van der Waals surface area contributed by atoms with E-state index in [2.05, 4.69) is 0 Å². The van der Waals surface area contributed by atoms with Gasteiger partial charge < -0.3 is 23.7 Å². The molecule has 0 saturated carbocycles. The molecule has 0 amide bonds. The smallest absolute Gasteiger partial charge is 0.303 e. The van der Waals surface area contributed by atoms with Crippen molar-refractivity contribution < 1.29 is 50.4 Å². The number of methoxy groups -OCH3 is 1. The highest BCUT2D eigenvalue weighted by atomic mass is 16.7. The molecule has 0 bridgehead atoms. The van der Waals surface area contributed by atoms with Crippen LogP contribution in [0.25, 0.3) is 0 Å². The Balaban J connectivity index is 3.37. The zero-order chi connectivity index (χ0) is 23.7. The second-order valence-electron chi connectivity index (χ2n) is 4.06. The maximum Gasteiger partial charge on any atom is 0.303 e. The molecule has 8 nitrogen and oxygen atoms in total. The fourth-order valence-corrected chi connectivity index (χ4v) is 1.96. The van der Waals surface area contributed by atoms with E-state index in [0.717, 1.165) is 7.11 Å². The molecule has 1 saturated heterocycles. The molecule has 1 unspecified atom stereocenters. The van der Waals surface area contributed by atoms with Crippen LogP contribution >= 0.6 is 0 Å². The van der Waals surface area contributed by atoms with Crippen LogP contribution in [0.15, 0.2) is 0 Å². The predicted octanol–water partition coefficient (Wildman–Crippen LogP) is 0.173. The topological polar surface area (TPSA) is 97.4 Å². The van der Waals surface area contributed by atoms with Crippen LogP contribution in [-0.2, 0) is 38.1 Å². The fraction of sp³-hybridized carbons (Fsp3) is 0.769. The summed E-state index contributed by atoms with van der Waals surface area (Å²) in [6, 6.07) is 0. The third-order valence-electron chi connectivity index (χ3n) is 2.69. The van der Waals surface area contributed by atoms with Gasteiger partial charge in [0, 0.05) is 40.0 Å². The molecule has 0 aromatic carbocycles. The van der Waals surface area contributed by atoms with E-state index in [-0.39, 0.29) is 0 Å². The molecule has 0 N–H and O–H groups in total. The van der Waals surface area contributed by atoms with Crippen molar-refractivity contribution in [3.63, 3.8) is 0 Å². The Hall–Kier alpha value is -1.67. The van der Waals surface area contributed by atoms with Crippen molar-refractivity contribution in [3.8, 4) is 0 Å². The first kappa shape index (κ1) is 8.09. The number of carbonyl (C=O) groups excluding carboxylic acids is 3. The molecule has 1 aliphatic rings. The zero-order valence-electron chi connectivity index (χ0n) is 20.2. The number of esters is 3. The third kappa shape index (κ3) is 4.68. The van der Waals surface area contributed by atoms with Crippen molar-refractivity contribution in [3.05, 3.63) is 0 Å². The molecule has 120 valence electrons. The molecule has 8 heteroatoms. The normalized spacial score (nSPS) is 40.3. The quantitative estimate of drug-likeness (QED) is 0.535. The van der Waals surface area contributed by atoms with Gasteiger partial charge in [-0.3, -0.25) is 14.4 Å². The second kappa shape index (κ2) is 7.37. The number of ether oxygens (including phenoxy) is 5. The summed E-state index contributed by atoms with van der Waals surface area (Å²) in [5.74, 6) is -5.32. The van der Waals surface area contributed by atoms with Crippen LogP contribution in [0.3, 0.4) is 0 Å². The summed E-state index contributed by atoms with van der Waals surface area (Å²) in [5, 5.41) is 0. The van der Waals surface area contributed by atoms with Crippen LogP contribution in [0.4, 0.5) is 0 Å². The van der Waals surface area contributed by atoms with Gasteiger partial charge in [0.05, 0.1) is 6.10 Å².